The summed E-state index contributed by atoms with van der Waals surface area (Å²) in [5, 5.41) is 5.38. The predicted octanol–water partition coefficient (Wildman–Crippen LogP) is 5.72. The van der Waals surface area contributed by atoms with Crippen LogP contribution in [-0.2, 0) is 14.4 Å². The second kappa shape index (κ2) is 11.9. The van der Waals surface area contributed by atoms with Crippen LogP contribution < -0.4 is 25.0 Å². The van der Waals surface area contributed by atoms with Crippen LogP contribution in [0.5, 0.6) is 11.5 Å². The first-order chi connectivity index (χ1) is 19.0. The van der Waals surface area contributed by atoms with Crippen LogP contribution in [0.25, 0.3) is 6.08 Å². The summed E-state index contributed by atoms with van der Waals surface area (Å²) in [6, 6.07) is 12.7. The number of urea groups is 1. The number of nitrogens with zero attached hydrogens (tertiary/aromatic N) is 1. The van der Waals surface area contributed by atoms with Crippen molar-refractivity contribution >= 4 is 68.7 Å². The third-order valence-corrected chi connectivity index (χ3v) is 7.09. The van der Waals surface area contributed by atoms with Crippen LogP contribution in [0.2, 0.25) is 5.02 Å². The normalized spacial score (nSPS) is 14.3. The molecular weight excluding hydrogens is 602 g/mol. The Morgan fingerprint density at radius 1 is 1.05 bits per heavy atom. The number of halogens is 2. The predicted molar refractivity (Wildman–Crippen MR) is 156 cm³/mol. The molecule has 1 aliphatic rings. The molecule has 0 radical (unpaired) electrons. The topological polar surface area (TPSA) is 114 Å². The maximum atomic E-state index is 13.2. The molecule has 40 heavy (non-hydrogen) atoms. The van der Waals surface area contributed by atoms with E-state index in [1.807, 2.05) is 32.0 Å². The van der Waals surface area contributed by atoms with Gasteiger partial charge in [0, 0.05) is 10.7 Å². The molecule has 3 aromatic carbocycles. The molecule has 3 aromatic rings. The zero-order valence-corrected chi connectivity index (χ0v) is 24.4. The first-order valence-electron chi connectivity index (χ1n) is 12.0. The molecule has 1 saturated heterocycles. The third-order valence-electron chi connectivity index (χ3n) is 6.09. The Morgan fingerprint density at radius 2 is 1.77 bits per heavy atom. The second-order valence-electron chi connectivity index (χ2n) is 9.08. The van der Waals surface area contributed by atoms with Crippen LogP contribution in [0.1, 0.15) is 22.3 Å². The lowest BCUT2D eigenvalue weighted by molar-refractivity contribution is -0.122. The van der Waals surface area contributed by atoms with E-state index in [2.05, 4.69) is 26.6 Å². The molecule has 206 valence electrons. The standard InChI is InChI=1S/C29H25BrClN3O6/c1-15-5-6-17(3)23(9-15)32-25(35)14-40-26-21(30)11-18(12-24(26)39-4)10-20-27(36)33-29(38)34(28(20)37)19-8-7-16(2)22(31)13-19/h5-13H,14H2,1-4H3,(H,32,35)(H,33,36,38)/b20-10+. The lowest BCUT2D eigenvalue weighted by Gasteiger charge is -2.26. The largest absolute Gasteiger partial charge is 0.493 e. The van der Waals surface area contributed by atoms with Gasteiger partial charge >= 0.3 is 6.03 Å². The third kappa shape index (κ3) is 6.19. The zero-order valence-electron chi connectivity index (χ0n) is 22.1. The van der Waals surface area contributed by atoms with Crippen LogP contribution in [-0.4, -0.2) is 37.5 Å². The van der Waals surface area contributed by atoms with Crippen LogP contribution >= 0.6 is 27.5 Å². The molecule has 5 amide bonds. The number of barbiturate groups is 1. The van der Waals surface area contributed by atoms with Gasteiger partial charge in [-0.05, 0) is 95.4 Å². The highest BCUT2D eigenvalue weighted by molar-refractivity contribution is 9.10. The van der Waals surface area contributed by atoms with Gasteiger partial charge in [-0.15, -0.1) is 0 Å². The highest BCUT2D eigenvalue weighted by Gasteiger charge is 2.37. The molecule has 0 saturated carbocycles. The van der Waals surface area contributed by atoms with Gasteiger partial charge in [-0.3, -0.25) is 19.7 Å². The number of carbonyl (C=O) groups excluding carboxylic acids is 4. The summed E-state index contributed by atoms with van der Waals surface area (Å²) in [5.41, 5.74) is 3.75. The van der Waals surface area contributed by atoms with Crippen LogP contribution in [0.15, 0.2) is 58.6 Å². The maximum Gasteiger partial charge on any atom is 0.335 e. The summed E-state index contributed by atoms with van der Waals surface area (Å²) in [4.78, 5) is 51.8. The SMILES string of the molecule is COc1cc(/C=C2\C(=O)NC(=O)N(c3ccc(C)c(Cl)c3)C2=O)cc(Br)c1OCC(=O)Nc1cc(C)ccc1C. The Bertz CT molecular complexity index is 1590. The van der Waals surface area contributed by atoms with E-state index in [1.165, 1.54) is 19.3 Å². The summed E-state index contributed by atoms with van der Waals surface area (Å²) >= 11 is 9.59. The van der Waals surface area contributed by atoms with E-state index >= 15 is 0 Å². The highest BCUT2D eigenvalue weighted by atomic mass is 79.9. The number of imide groups is 2. The molecule has 4 rings (SSSR count). The molecule has 1 heterocycles. The monoisotopic (exact) mass is 625 g/mol. The van der Waals surface area contributed by atoms with E-state index in [0.717, 1.165) is 21.6 Å². The van der Waals surface area contributed by atoms with Crippen LogP contribution in [0.4, 0.5) is 16.2 Å². The average Bonchev–Trinajstić information content (AvgIpc) is 2.89. The van der Waals surface area contributed by atoms with Crippen molar-refractivity contribution in [2.24, 2.45) is 0 Å². The number of rotatable bonds is 7. The van der Waals surface area contributed by atoms with Crippen molar-refractivity contribution < 1.29 is 28.7 Å². The van der Waals surface area contributed by atoms with Gasteiger partial charge in [0.25, 0.3) is 17.7 Å². The van der Waals surface area contributed by atoms with Crippen molar-refractivity contribution in [1.29, 1.82) is 0 Å². The molecule has 11 heteroatoms. The number of aryl methyl sites for hydroxylation is 3. The number of hydrogen-bond acceptors (Lipinski definition) is 6. The van der Waals surface area contributed by atoms with Crippen LogP contribution in [0, 0.1) is 20.8 Å². The van der Waals surface area contributed by atoms with E-state index in [0.29, 0.717) is 20.7 Å². The smallest absolute Gasteiger partial charge is 0.335 e. The first kappa shape index (κ1) is 28.8. The first-order valence-corrected chi connectivity index (χ1v) is 13.2. The summed E-state index contributed by atoms with van der Waals surface area (Å²) in [5.74, 6) is -1.51. The molecule has 0 spiro atoms. The molecule has 0 unspecified atom stereocenters. The average molecular weight is 627 g/mol. The van der Waals surface area contributed by atoms with E-state index in [9.17, 15) is 19.2 Å². The fourth-order valence-corrected chi connectivity index (χ4v) is 4.69. The van der Waals surface area contributed by atoms with Gasteiger partial charge < -0.3 is 14.8 Å². The van der Waals surface area contributed by atoms with Gasteiger partial charge in [0.15, 0.2) is 18.1 Å². The molecule has 1 fully saturated rings. The minimum absolute atomic E-state index is 0.221. The molecule has 0 aliphatic carbocycles. The van der Waals surface area contributed by atoms with Gasteiger partial charge in [0.1, 0.15) is 5.57 Å². The lowest BCUT2D eigenvalue weighted by Crippen LogP contribution is -2.54. The molecule has 2 N–H and O–H groups in total. The molecule has 1 aliphatic heterocycles. The van der Waals surface area contributed by atoms with Gasteiger partial charge in [0.2, 0.25) is 0 Å². The summed E-state index contributed by atoms with van der Waals surface area (Å²) < 4.78 is 11.6. The number of amides is 5. The zero-order chi connectivity index (χ0) is 29.1. The fourth-order valence-electron chi connectivity index (χ4n) is 3.94. The molecule has 0 bridgehead atoms. The van der Waals surface area contributed by atoms with E-state index in [-0.39, 0.29) is 35.3 Å². The number of benzene rings is 3. The molecule has 0 aromatic heterocycles. The minimum Gasteiger partial charge on any atom is -0.493 e. The summed E-state index contributed by atoms with van der Waals surface area (Å²) in [7, 11) is 1.42. The van der Waals surface area contributed by atoms with Gasteiger partial charge in [0.05, 0.1) is 17.3 Å². The highest BCUT2D eigenvalue weighted by Crippen LogP contribution is 2.37. The number of carbonyl (C=O) groups is 4. The second-order valence-corrected chi connectivity index (χ2v) is 10.3. The van der Waals surface area contributed by atoms with Crippen LogP contribution in [0.3, 0.4) is 0 Å². The Labute approximate surface area is 244 Å². The van der Waals surface area contributed by atoms with Gasteiger partial charge in [-0.25, -0.2) is 9.69 Å². The van der Waals surface area contributed by atoms with E-state index in [1.54, 1.807) is 31.2 Å². The number of anilines is 2. The van der Waals surface area contributed by atoms with Crippen molar-refractivity contribution in [3.8, 4) is 11.5 Å². The van der Waals surface area contributed by atoms with E-state index < -0.39 is 17.8 Å². The van der Waals surface area contributed by atoms with E-state index in [4.69, 9.17) is 21.1 Å². The van der Waals surface area contributed by atoms with Crippen molar-refractivity contribution in [2.45, 2.75) is 20.8 Å². The molecule has 0 atom stereocenters. The number of hydrogen-bond donors (Lipinski definition) is 2. The molecule has 9 nitrogen and oxygen atoms in total. The van der Waals surface area contributed by atoms with Gasteiger partial charge in [-0.1, -0.05) is 29.8 Å². The Kier molecular flexibility index (Phi) is 8.61. The summed E-state index contributed by atoms with van der Waals surface area (Å²) in [6.45, 7) is 5.32. The number of ether oxygens (including phenoxy) is 2. The fraction of sp³-hybridized carbons (Fsp3) is 0.172. The maximum absolute atomic E-state index is 13.2. The Morgan fingerprint density at radius 3 is 2.48 bits per heavy atom. The minimum atomic E-state index is -0.881. The van der Waals surface area contributed by atoms with Crippen molar-refractivity contribution in [2.75, 3.05) is 23.9 Å². The Balaban J connectivity index is 1.57. The number of methoxy groups -OCH3 is 1. The Hall–Kier alpha value is -4.15. The molecular formula is C29H25BrClN3O6. The quantitative estimate of drug-likeness (QED) is 0.256. The van der Waals surface area contributed by atoms with Crippen molar-refractivity contribution in [3.63, 3.8) is 0 Å². The summed E-state index contributed by atoms with van der Waals surface area (Å²) in [6.07, 6.45) is 1.33. The van der Waals surface area contributed by atoms with Crippen molar-refractivity contribution in [1.82, 2.24) is 5.32 Å². The van der Waals surface area contributed by atoms with Gasteiger partial charge in [-0.2, -0.15) is 0 Å². The lowest BCUT2D eigenvalue weighted by atomic mass is 10.1. The van der Waals surface area contributed by atoms with Crippen molar-refractivity contribution in [3.05, 3.63) is 85.9 Å². The number of nitrogens with one attached hydrogen (secondary N) is 2.